The first kappa shape index (κ1) is 14.1. The highest BCUT2D eigenvalue weighted by atomic mass is 16.5. The van der Waals surface area contributed by atoms with E-state index in [9.17, 15) is 4.79 Å². The molecule has 1 atom stereocenters. The second kappa shape index (κ2) is 7.36. The summed E-state index contributed by atoms with van der Waals surface area (Å²) in [5.74, 6) is 2.79. The van der Waals surface area contributed by atoms with Crippen LogP contribution in [-0.4, -0.2) is 18.6 Å². The van der Waals surface area contributed by atoms with Gasteiger partial charge in [0.25, 0.3) is 0 Å². The predicted molar refractivity (Wildman–Crippen MR) is 72.3 cm³/mol. The molecule has 0 heterocycles. The zero-order valence-corrected chi connectivity index (χ0v) is 10.5. The molecule has 0 aliphatic carbocycles. The number of nitrogens with two attached hydrogens (primary N) is 1. The predicted octanol–water partition coefficient (Wildman–Crippen LogP) is 1.76. The van der Waals surface area contributed by atoms with E-state index in [1.807, 2.05) is 19.1 Å². The summed E-state index contributed by atoms with van der Waals surface area (Å²) in [4.78, 5) is 11.7. The van der Waals surface area contributed by atoms with Gasteiger partial charge >= 0.3 is 0 Å². The van der Waals surface area contributed by atoms with Gasteiger partial charge in [0.05, 0.1) is 12.6 Å². The van der Waals surface area contributed by atoms with E-state index in [1.54, 1.807) is 12.1 Å². The van der Waals surface area contributed by atoms with Gasteiger partial charge in [-0.1, -0.05) is 13.0 Å². The van der Waals surface area contributed by atoms with E-state index in [4.69, 9.17) is 16.9 Å². The third kappa shape index (κ3) is 4.48. The van der Waals surface area contributed by atoms with Crippen molar-refractivity contribution in [1.29, 1.82) is 0 Å². The van der Waals surface area contributed by atoms with Crippen molar-refractivity contribution in [3.8, 4) is 18.1 Å². The van der Waals surface area contributed by atoms with Gasteiger partial charge in [-0.25, -0.2) is 0 Å². The van der Waals surface area contributed by atoms with E-state index >= 15 is 0 Å². The molecule has 1 rings (SSSR count). The van der Waals surface area contributed by atoms with E-state index in [-0.39, 0.29) is 12.3 Å². The summed E-state index contributed by atoms with van der Waals surface area (Å²) in [5.41, 5.74) is 6.26. The zero-order valence-electron chi connectivity index (χ0n) is 10.5. The Bertz CT molecular complexity index is 438. The molecule has 4 heteroatoms. The van der Waals surface area contributed by atoms with Crippen LogP contribution in [0.15, 0.2) is 24.3 Å². The van der Waals surface area contributed by atoms with E-state index in [0.29, 0.717) is 12.3 Å². The van der Waals surface area contributed by atoms with Gasteiger partial charge in [0.15, 0.2) is 0 Å². The van der Waals surface area contributed by atoms with Gasteiger partial charge in [-0.3, -0.25) is 4.79 Å². The minimum Gasteiger partial charge on any atom is -0.494 e. The van der Waals surface area contributed by atoms with E-state index < -0.39 is 6.04 Å². The van der Waals surface area contributed by atoms with Gasteiger partial charge in [-0.15, -0.1) is 12.3 Å². The van der Waals surface area contributed by atoms with Crippen molar-refractivity contribution in [1.82, 2.24) is 0 Å². The van der Waals surface area contributed by atoms with Crippen LogP contribution in [0.2, 0.25) is 0 Å². The van der Waals surface area contributed by atoms with Crippen molar-refractivity contribution in [2.75, 3.05) is 11.9 Å². The number of nitrogens with one attached hydrogen (secondary N) is 1. The largest absolute Gasteiger partial charge is 0.494 e. The second-order valence-corrected chi connectivity index (χ2v) is 3.88. The number of amides is 1. The maximum absolute atomic E-state index is 11.7. The molecule has 1 amide bonds. The lowest BCUT2D eigenvalue weighted by molar-refractivity contribution is -0.117. The van der Waals surface area contributed by atoms with Crippen molar-refractivity contribution >= 4 is 11.6 Å². The first-order valence-electron chi connectivity index (χ1n) is 5.90. The fourth-order valence-electron chi connectivity index (χ4n) is 1.34. The average molecular weight is 246 g/mol. The SMILES string of the molecule is C#CCC(N)C(=O)Nc1cccc(OCCC)c1. The number of hydrogen-bond donors (Lipinski definition) is 2. The van der Waals surface area contributed by atoms with E-state index in [1.165, 1.54) is 0 Å². The van der Waals surface area contributed by atoms with Crippen molar-refractivity contribution in [3.63, 3.8) is 0 Å². The summed E-state index contributed by atoms with van der Waals surface area (Å²) in [6.45, 7) is 2.68. The van der Waals surface area contributed by atoms with Crippen LogP contribution in [0.3, 0.4) is 0 Å². The number of hydrogen-bond acceptors (Lipinski definition) is 3. The molecule has 4 nitrogen and oxygen atoms in total. The van der Waals surface area contributed by atoms with Crippen molar-refractivity contribution in [2.24, 2.45) is 5.73 Å². The molecular formula is C14H18N2O2. The Balaban J connectivity index is 2.62. The van der Waals surface area contributed by atoms with Crippen LogP contribution in [0.5, 0.6) is 5.75 Å². The fourth-order valence-corrected chi connectivity index (χ4v) is 1.34. The Hall–Kier alpha value is -1.99. The van der Waals surface area contributed by atoms with Crippen LogP contribution in [0.4, 0.5) is 5.69 Å². The first-order valence-corrected chi connectivity index (χ1v) is 5.90. The summed E-state index contributed by atoms with van der Waals surface area (Å²) in [7, 11) is 0. The van der Waals surface area contributed by atoms with Gasteiger partial charge in [0.1, 0.15) is 5.75 Å². The normalized spacial score (nSPS) is 11.4. The molecule has 0 saturated carbocycles. The quantitative estimate of drug-likeness (QED) is 0.752. The minimum atomic E-state index is -0.685. The Labute approximate surface area is 108 Å². The second-order valence-electron chi connectivity index (χ2n) is 3.88. The molecule has 0 fully saturated rings. The number of terminal acetylenes is 1. The molecule has 3 N–H and O–H groups in total. The maximum Gasteiger partial charge on any atom is 0.242 e. The molecule has 1 unspecified atom stereocenters. The molecule has 0 bridgehead atoms. The molecule has 0 aliphatic rings. The fraction of sp³-hybridized carbons (Fsp3) is 0.357. The van der Waals surface area contributed by atoms with Crippen molar-refractivity contribution in [2.45, 2.75) is 25.8 Å². The highest BCUT2D eigenvalue weighted by Crippen LogP contribution is 2.17. The van der Waals surface area contributed by atoms with Crippen LogP contribution in [0, 0.1) is 12.3 Å². The minimum absolute atomic E-state index is 0.220. The topological polar surface area (TPSA) is 64.4 Å². The van der Waals surface area contributed by atoms with E-state index in [2.05, 4.69) is 11.2 Å². The lowest BCUT2D eigenvalue weighted by Gasteiger charge is -2.11. The molecule has 0 radical (unpaired) electrons. The number of ether oxygens (including phenoxy) is 1. The Morgan fingerprint density at radius 3 is 3.06 bits per heavy atom. The third-order valence-electron chi connectivity index (χ3n) is 2.25. The number of carbonyl (C=O) groups excluding carboxylic acids is 1. The number of anilines is 1. The molecule has 1 aromatic carbocycles. The smallest absolute Gasteiger partial charge is 0.242 e. The molecular weight excluding hydrogens is 228 g/mol. The highest BCUT2D eigenvalue weighted by Gasteiger charge is 2.12. The summed E-state index contributed by atoms with van der Waals surface area (Å²) >= 11 is 0. The van der Waals surface area contributed by atoms with E-state index in [0.717, 1.165) is 12.2 Å². The molecule has 1 aromatic rings. The number of carbonyl (C=O) groups is 1. The summed E-state index contributed by atoms with van der Waals surface area (Å²) in [6.07, 6.45) is 6.26. The van der Waals surface area contributed by atoms with Crippen LogP contribution in [-0.2, 0) is 4.79 Å². The van der Waals surface area contributed by atoms with Gasteiger partial charge in [0.2, 0.25) is 5.91 Å². The first-order chi connectivity index (χ1) is 8.67. The van der Waals surface area contributed by atoms with Crippen molar-refractivity contribution in [3.05, 3.63) is 24.3 Å². The van der Waals surface area contributed by atoms with Gasteiger partial charge in [-0.05, 0) is 18.6 Å². The Kier molecular flexibility index (Phi) is 5.75. The molecule has 0 spiro atoms. The van der Waals surface area contributed by atoms with Crippen LogP contribution in [0.1, 0.15) is 19.8 Å². The van der Waals surface area contributed by atoms with Gasteiger partial charge in [0, 0.05) is 18.2 Å². The summed E-state index contributed by atoms with van der Waals surface area (Å²) in [5, 5.41) is 2.70. The molecule has 0 aromatic heterocycles. The average Bonchev–Trinajstić information content (AvgIpc) is 2.37. The highest BCUT2D eigenvalue weighted by molar-refractivity contribution is 5.95. The van der Waals surface area contributed by atoms with Gasteiger partial charge < -0.3 is 15.8 Å². The Morgan fingerprint density at radius 1 is 1.61 bits per heavy atom. The number of rotatable bonds is 6. The molecule has 18 heavy (non-hydrogen) atoms. The summed E-state index contributed by atoms with van der Waals surface area (Å²) in [6, 6.07) is 6.50. The molecule has 0 aliphatic heterocycles. The number of benzene rings is 1. The van der Waals surface area contributed by atoms with Crippen LogP contribution in [0.25, 0.3) is 0 Å². The van der Waals surface area contributed by atoms with Crippen LogP contribution >= 0.6 is 0 Å². The Morgan fingerprint density at radius 2 is 2.39 bits per heavy atom. The zero-order chi connectivity index (χ0) is 13.4. The van der Waals surface area contributed by atoms with Crippen molar-refractivity contribution < 1.29 is 9.53 Å². The lowest BCUT2D eigenvalue weighted by atomic mass is 10.2. The standard InChI is InChI=1S/C14H18N2O2/c1-3-6-13(15)14(17)16-11-7-5-8-12(10-11)18-9-4-2/h1,5,7-8,10,13H,4,6,9,15H2,2H3,(H,16,17). The summed E-state index contributed by atoms with van der Waals surface area (Å²) < 4.78 is 5.47. The third-order valence-corrected chi connectivity index (χ3v) is 2.25. The monoisotopic (exact) mass is 246 g/mol. The maximum atomic E-state index is 11.7. The van der Waals surface area contributed by atoms with Crippen LogP contribution < -0.4 is 15.8 Å². The van der Waals surface area contributed by atoms with Gasteiger partial charge in [-0.2, -0.15) is 0 Å². The molecule has 0 saturated heterocycles. The lowest BCUT2D eigenvalue weighted by Crippen LogP contribution is -2.35. The molecule has 96 valence electrons.